The maximum Gasteiger partial charge on any atom is 0.446 e. The Kier molecular flexibility index (Phi) is 15.2. The highest BCUT2D eigenvalue weighted by Crippen LogP contribution is 2.28. The van der Waals surface area contributed by atoms with Crippen LogP contribution in [0.2, 0.25) is 0 Å². The zero-order valence-corrected chi connectivity index (χ0v) is 30.7. The summed E-state index contributed by atoms with van der Waals surface area (Å²) in [5.41, 5.74) is 9.08. The summed E-state index contributed by atoms with van der Waals surface area (Å²) < 4.78 is 54.2. The predicted octanol–water partition coefficient (Wildman–Crippen LogP) is 9.95. The molecule has 0 atom stereocenters. The summed E-state index contributed by atoms with van der Waals surface area (Å²) >= 11 is 2.92. The van der Waals surface area contributed by atoms with Gasteiger partial charge in [-0.15, -0.1) is 22.7 Å². The van der Waals surface area contributed by atoms with Gasteiger partial charge in [-0.1, -0.05) is 50.2 Å². The number of carbonyl (C=O) groups excluding carboxylic acids is 2. The first-order chi connectivity index (χ1) is 24.6. The molecule has 0 spiro atoms. The van der Waals surface area contributed by atoms with Gasteiger partial charge in [0.15, 0.2) is 5.13 Å². The Bertz CT molecular complexity index is 1730. The number of esters is 1. The molecule has 0 amide bonds. The predicted molar refractivity (Wildman–Crippen MR) is 200 cm³/mol. The summed E-state index contributed by atoms with van der Waals surface area (Å²) in [6.45, 7) is 7.88. The Morgan fingerprint density at radius 2 is 1.27 bits per heavy atom. The van der Waals surface area contributed by atoms with Crippen LogP contribution in [-0.4, -0.2) is 46.2 Å². The van der Waals surface area contributed by atoms with Crippen molar-refractivity contribution in [2.24, 2.45) is 0 Å². The summed E-state index contributed by atoms with van der Waals surface area (Å²) in [5, 5.41) is 5.25. The van der Waals surface area contributed by atoms with Crippen molar-refractivity contribution in [3.05, 3.63) is 86.8 Å². The minimum absolute atomic E-state index is 0.211. The number of benzene rings is 2. The number of nitrogens with zero attached hydrogens (tertiary/aromatic N) is 2. The highest BCUT2D eigenvalue weighted by Gasteiger charge is 2.25. The van der Waals surface area contributed by atoms with Crippen LogP contribution in [0.1, 0.15) is 89.2 Å². The lowest BCUT2D eigenvalue weighted by atomic mass is 10.2. The number of carbonyl (C=O) groups is 2. The minimum Gasteiger partial charge on any atom is -0.490 e. The van der Waals surface area contributed by atoms with Gasteiger partial charge >= 0.3 is 12.1 Å². The summed E-state index contributed by atoms with van der Waals surface area (Å²) in [5.74, 6) is 1.63. The van der Waals surface area contributed by atoms with Crippen molar-refractivity contribution in [1.29, 1.82) is 0 Å². The zero-order valence-electron chi connectivity index (χ0n) is 30.0. The quantitative estimate of drug-likeness (QED) is 0.126. The molecule has 2 heterocycles. The van der Waals surface area contributed by atoms with E-state index >= 15 is 0 Å². The maximum absolute atomic E-state index is 11.8. The molecule has 4 aromatic rings. The summed E-state index contributed by atoms with van der Waals surface area (Å²) in [4.78, 5) is 29.2. The van der Waals surface area contributed by atoms with E-state index in [1.807, 2.05) is 104 Å². The first kappa shape index (κ1) is 39.3. The van der Waals surface area contributed by atoms with Gasteiger partial charge in [0, 0.05) is 12.1 Å². The molecule has 0 radical (unpaired) electrons. The second-order valence-electron chi connectivity index (χ2n) is 12.1. The normalized spacial score (nSPS) is 14.2. The summed E-state index contributed by atoms with van der Waals surface area (Å²) in [6.07, 6.45) is 8.02. The Morgan fingerprint density at radius 3 is 1.65 bits per heavy atom. The Balaban J connectivity index is 0.000000235. The molecular weight excluding hydrogens is 700 g/mol. The number of thiazole rings is 2. The average molecular weight is 745 g/mol. The van der Waals surface area contributed by atoms with Gasteiger partial charge in [0.1, 0.15) is 22.1 Å². The van der Waals surface area contributed by atoms with Crippen molar-refractivity contribution in [1.82, 2.24) is 9.97 Å². The number of aromatic nitrogens is 2. The van der Waals surface area contributed by atoms with Crippen LogP contribution in [0.5, 0.6) is 11.5 Å². The van der Waals surface area contributed by atoms with Crippen LogP contribution >= 0.6 is 22.7 Å². The molecule has 6 rings (SSSR count). The van der Waals surface area contributed by atoms with E-state index < -0.39 is 18.1 Å². The van der Waals surface area contributed by atoms with Gasteiger partial charge < -0.3 is 19.9 Å². The van der Waals surface area contributed by atoms with Crippen LogP contribution in [0.3, 0.4) is 0 Å². The summed E-state index contributed by atoms with van der Waals surface area (Å²) in [7, 11) is 0. The highest BCUT2D eigenvalue weighted by atomic mass is 32.1. The first-order valence-corrected chi connectivity index (χ1v) is 18.0. The van der Waals surface area contributed by atoms with E-state index in [1.165, 1.54) is 35.5 Å². The number of rotatable bonds is 10. The van der Waals surface area contributed by atoms with Crippen LogP contribution in [0.15, 0.2) is 59.3 Å². The number of ether oxygens (including phenoxy) is 3. The number of anilines is 1. The molecule has 2 aliphatic carbocycles. The highest BCUT2D eigenvalue weighted by molar-refractivity contribution is 7.13. The van der Waals surface area contributed by atoms with Gasteiger partial charge in [-0.2, -0.15) is 13.2 Å². The lowest BCUT2D eigenvalue weighted by Gasteiger charge is -2.18. The van der Waals surface area contributed by atoms with Crippen molar-refractivity contribution in [3.8, 4) is 11.5 Å². The molecule has 0 unspecified atom stereocenters. The number of hydrogen-bond donors (Lipinski definition) is 1. The summed E-state index contributed by atoms with van der Waals surface area (Å²) in [6, 6.07) is 16.2. The molecule has 51 heavy (non-hydrogen) atoms. The molecule has 0 bridgehead atoms. The second-order valence-corrected chi connectivity index (χ2v) is 14.0. The number of hydrogen-bond acceptors (Lipinski definition) is 10. The smallest absolute Gasteiger partial charge is 0.446 e. The molecule has 2 N–H and O–H groups in total. The lowest BCUT2D eigenvalue weighted by Crippen LogP contribution is -2.24. The van der Waals surface area contributed by atoms with Crippen LogP contribution in [0.25, 0.3) is 24.3 Å². The van der Waals surface area contributed by atoms with Crippen molar-refractivity contribution >= 4 is 64.4 Å². The first-order valence-electron chi connectivity index (χ1n) is 16.9. The van der Waals surface area contributed by atoms with Crippen LogP contribution < -0.4 is 15.2 Å². The van der Waals surface area contributed by atoms with E-state index in [9.17, 15) is 18.0 Å². The van der Waals surface area contributed by atoms with Crippen molar-refractivity contribution in [3.63, 3.8) is 0 Å². The maximum atomic E-state index is 11.8. The van der Waals surface area contributed by atoms with Gasteiger partial charge in [0.25, 0.3) is 0 Å². The molecule has 8 nitrogen and oxygen atoms in total. The number of halogens is 3. The molecule has 2 fully saturated rings. The van der Waals surface area contributed by atoms with Gasteiger partial charge in [0.2, 0.25) is 6.29 Å². The third-order valence-corrected chi connectivity index (χ3v) is 7.83. The molecule has 0 aliphatic heterocycles. The van der Waals surface area contributed by atoms with Gasteiger partial charge in [-0.25, -0.2) is 9.97 Å². The fraction of sp³-hybridized carbons (Fsp3) is 0.368. The number of alkyl halides is 3. The van der Waals surface area contributed by atoms with Crippen molar-refractivity contribution in [2.75, 3.05) is 5.73 Å². The Labute approximate surface area is 306 Å². The van der Waals surface area contributed by atoms with Crippen LogP contribution in [0, 0.1) is 0 Å². The van der Waals surface area contributed by atoms with Crippen molar-refractivity contribution in [2.45, 2.75) is 90.7 Å². The fourth-order valence-electron chi connectivity index (χ4n) is 3.80. The van der Waals surface area contributed by atoms with Gasteiger partial charge in [-0.05, 0) is 94.0 Å². The van der Waals surface area contributed by atoms with Crippen molar-refractivity contribution < 1.29 is 38.3 Å². The van der Waals surface area contributed by atoms with Gasteiger partial charge in [0.05, 0.1) is 30.0 Å². The molecule has 2 saturated carbocycles. The van der Waals surface area contributed by atoms with Gasteiger partial charge in [-0.3, -0.25) is 9.59 Å². The van der Waals surface area contributed by atoms with E-state index in [4.69, 9.17) is 26.1 Å². The van der Waals surface area contributed by atoms with E-state index in [0.717, 1.165) is 51.9 Å². The van der Waals surface area contributed by atoms with E-state index in [1.54, 1.807) is 6.92 Å². The standard InChI is InChI=1S/C20H23NO3S.C14H14N2OS.C2HF3O.C2H6/c1-20(2,3)24-19(22)12-18-21-15(13-25-18)7-4-14-5-8-16(9-6-14)23-17-10-11-17;15-14-16-11(9-18-14)4-1-10-2-5-12(6-3-10)17-13-7-8-13;3-2(4,5)1-6;1-2/h4-9,13,17H,10-12H2,1-3H3;1-6,9,13H,7-8H2,(H2,15,16);1H;1-2H3/b7-4+;4-1+;;/i;;;1D. The fourth-order valence-corrected chi connectivity index (χ4v) is 5.07. The zero-order chi connectivity index (χ0) is 38.1. The molecule has 0 saturated heterocycles. The molecule has 2 aliphatic rings. The van der Waals surface area contributed by atoms with E-state index in [2.05, 4.69) is 9.97 Å². The lowest BCUT2D eigenvalue weighted by molar-refractivity contribution is -0.156. The second kappa shape index (κ2) is 19.8. The largest absolute Gasteiger partial charge is 0.490 e. The van der Waals surface area contributed by atoms with Crippen LogP contribution in [-0.2, 0) is 20.7 Å². The minimum atomic E-state index is -4.64. The molecule has 2 aromatic heterocycles. The van der Waals surface area contributed by atoms with Crippen LogP contribution in [0.4, 0.5) is 18.3 Å². The topological polar surface area (TPSA) is 114 Å². The molecule has 13 heteroatoms. The van der Waals surface area contributed by atoms with E-state index in [-0.39, 0.29) is 12.4 Å². The van der Waals surface area contributed by atoms with E-state index in [0.29, 0.717) is 24.2 Å². The average Bonchev–Trinajstić information content (AvgIpc) is 4.00. The molecule has 2 aromatic carbocycles. The number of nitrogens with two attached hydrogens (primary N) is 1. The monoisotopic (exact) mass is 744 g/mol. The molecule has 274 valence electrons. The number of nitrogen functional groups attached to an aromatic ring is 1. The Morgan fingerprint density at radius 1 is 0.843 bits per heavy atom. The Hall–Kier alpha value is -4.49. The SMILES string of the molecule is CC(C)(C)OC(=O)Cc1nc(/C=C/c2ccc(OC3CC3)cc2)cs1.Nc1nc(/C=C/c2ccc(OC3CC3)cc2)cs1.O=CC(F)(F)F.[2H]CC. The number of aldehydes is 1. The molecular formula is C38H44F3N3O5S2. The third kappa shape index (κ3) is 17.8. The third-order valence-electron chi connectivity index (χ3n) is 6.27.